The first-order valence-corrected chi connectivity index (χ1v) is 37.8. The predicted molar refractivity (Wildman–Crippen MR) is 419 cm³/mol. The lowest BCUT2D eigenvalue weighted by atomic mass is 10.0. The SMILES string of the molecule is CC(C)C[C@H](N)C(=O)N1CCC[C@H]1C(=O)N[C@@H](CC(N)=O)C(=O)N[C@@H](Cc1ccc(O)cc1)C(=O)N[C@@H](CC(N)=O)C(=O)N[C@@H](Cc1c[nH]c2ccccc12)C(=O)N[C@@H](CC(N)=O)C(=O)N[C@@H](CO)C(=O)N[C@@H](Cc1ccccc1)C(=O)NCC(=O)N1CCC[C@H]1C(=O)N[C@@H](CCCN=C(N)N)C(=O)N[C@@H](Cc1ccccc1)C(N)=O. The molecule has 0 radical (unpaired) electrons. The normalized spacial score (nSPS) is 16.3. The molecule has 4 aromatic carbocycles. The number of aliphatic hydroxyl groups is 1. The summed E-state index contributed by atoms with van der Waals surface area (Å²) in [6.07, 6.45) is -0.899. The molecule has 0 aliphatic carbocycles. The molecule has 5 aromatic rings. The van der Waals surface area contributed by atoms with Crippen molar-refractivity contribution in [1.29, 1.82) is 0 Å². The van der Waals surface area contributed by atoms with Gasteiger partial charge in [0.2, 0.25) is 94.5 Å². The van der Waals surface area contributed by atoms with E-state index in [-0.39, 0.29) is 81.3 Å². The number of primary amides is 4. The van der Waals surface area contributed by atoms with Crippen molar-refractivity contribution in [2.24, 2.45) is 51.0 Å². The molecule has 16 amide bonds. The number of guanidine groups is 1. The molecule has 0 spiro atoms. The number of likely N-dealkylation sites (tertiary alicyclic amines) is 2. The minimum absolute atomic E-state index is 0.0208. The van der Waals surface area contributed by atoms with Gasteiger partial charge in [0.15, 0.2) is 5.96 Å². The molecule has 27 N–H and O–H groups in total. The monoisotopic (exact) mass is 1610 g/mol. The Hall–Kier alpha value is -13.1. The Morgan fingerprint density at radius 1 is 0.483 bits per heavy atom. The number of para-hydroxylation sites is 1. The van der Waals surface area contributed by atoms with Crippen molar-refractivity contribution in [3.63, 3.8) is 0 Å². The number of carbonyl (C=O) groups is 16. The first kappa shape index (κ1) is 90.1. The molecule has 7 rings (SSSR count). The minimum Gasteiger partial charge on any atom is -0.508 e. The summed E-state index contributed by atoms with van der Waals surface area (Å²) in [5, 5.41) is 46.0. The second-order valence-electron chi connectivity index (χ2n) is 28.8. The number of benzene rings is 4. The number of aromatic nitrogens is 1. The number of nitrogens with zero attached hydrogens (tertiary/aromatic N) is 3. The van der Waals surface area contributed by atoms with Gasteiger partial charge in [-0.3, -0.25) is 81.7 Å². The van der Waals surface area contributed by atoms with Gasteiger partial charge in [-0.1, -0.05) is 105 Å². The van der Waals surface area contributed by atoms with E-state index in [0.717, 1.165) is 0 Å². The van der Waals surface area contributed by atoms with Gasteiger partial charge in [0.05, 0.1) is 38.5 Å². The lowest BCUT2D eigenvalue weighted by Gasteiger charge is -2.29. The lowest BCUT2D eigenvalue weighted by Crippen LogP contribution is -2.62. The number of aromatic hydroxyl groups is 1. The van der Waals surface area contributed by atoms with Gasteiger partial charge in [-0.25, -0.2) is 0 Å². The van der Waals surface area contributed by atoms with E-state index in [4.69, 9.17) is 40.1 Å². The van der Waals surface area contributed by atoms with Crippen LogP contribution in [-0.2, 0) is 102 Å². The molecule has 624 valence electrons. The molecule has 0 bridgehead atoms. The van der Waals surface area contributed by atoms with Gasteiger partial charge in [-0.2, -0.15) is 0 Å². The number of hydrogen-bond donors (Lipinski definition) is 20. The van der Waals surface area contributed by atoms with E-state index in [2.05, 4.69) is 63.1 Å². The number of fused-ring (bicyclic) bond motifs is 1. The Labute approximate surface area is 667 Å². The third kappa shape index (κ3) is 27.6. The van der Waals surface area contributed by atoms with Crippen LogP contribution in [0.4, 0.5) is 0 Å². The van der Waals surface area contributed by atoms with Gasteiger partial charge in [0, 0.05) is 62.4 Å². The Bertz CT molecular complexity index is 4370. The third-order valence-corrected chi connectivity index (χ3v) is 19.3. The number of nitrogens with two attached hydrogens (primary N) is 7. The number of carbonyl (C=O) groups excluding carboxylic acids is 16. The number of amides is 16. The van der Waals surface area contributed by atoms with Crippen LogP contribution in [0.3, 0.4) is 0 Å². The van der Waals surface area contributed by atoms with Crippen molar-refractivity contribution in [2.75, 3.05) is 32.8 Å². The molecule has 0 saturated carbocycles. The fraction of sp³-hybridized carbons (Fsp3) is 0.442. The van der Waals surface area contributed by atoms with Crippen molar-refractivity contribution in [3.05, 3.63) is 138 Å². The van der Waals surface area contributed by atoms with Crippen LogP contribution in [0.2, 0.25) is 0 Å². The summed E-state index contributed by atoms with van der Waals surface area (Å²) in [5.41, 5.74) is 42.1. The fourth-order valence-corrected chi connectivity index (χ4v) is 13.4. The van der Waals surface area contributed by atoms with Gasteiger partial charge in [-0.15, -0.1) is 0 Å². The highest BCUT2D eigenvalue weighted by molar-refractivity contribution is 6.02. The van der Waals surface area contributed by atoms with Crippen LogP contribution in [0.15, 0.2) is 120 Å². The number of nitrogens with one attached hydrogen (secondary N) is 11. The smallest absolute Gasteiger partial charge is 0.245 e. The maximum absolute atomic E-state index is 14.9. The van der Waals surface area contributed by atoms with Crippen molar-refractivity contribution < 1.29 is 86.9 Å². The molecule has 12 atom stereocenters. The van der Waals surface area contributed by atoms with E-state index in [1.165, 1.54) is 40.3 Å². The number of phenols is 1. The van der Waals surface area contributed by atoms with Crippen LogP contribution in [0, 0.1) is 5.92 Å². The Morgan fingerprint density at radius 2 is 0.897 bits per heavy atom. The predicted octanol–water partition coefficient (Wildman–Crippen LogP) is -5.86. The number of aliphatic imine (C=N–C) groups is 1. The molecule has 2 saturated heterocycles. The Balaban J connectivity index is 1.07. The highest BCUT2D eigenvalue weighted by atomic mass is 16.3. The zero-order chi connectivity index (χ0) is 84.9. The molecule has 2 aliphatic heterocycles. The van der Waals surface area contributed by atoms with Crippen LogP contribution < -0.4 is 93.3 Å². The molecule has 116 heavy (non-hydrogen) atoms. The summed E-state index contributed by atoms with van der Waals surface area (Å²) < 4.78 is 0. The average Bonchev–Trinajstić information content (AvgIpc) is 1.62. The van der Waals surface area contributed by atoms with E-state index in [0.29, 0.717) is 46.9 Å². The fourth-order valence-electron chi connectivity index (χ4n) is 13.4. The minimum atomic E-state index is -2.02. The summed E-state index contributed by atoms with van der Waals surface area (Å²) >= 11 is 0. The van der Waals surface area contributed by atoms with Gasteiger partial charge in [-0.05, 0) is 91.3 Å². The van der Waals surface area contributed by atoms with E-state index < -0.39 is 212 Å². The molecule has 3 heterocycles. The van der Waals surface area contributed by atoms with Gasteiger partial charge >= 0.3 is 0 Å². The van der Waals surface area contributed by atoms with E-state index in [9.17, 15) is 86.9 Å². The number of rotatable bonds is 44. The van der Waals surface area contributed by atoms with Gasteiger partial charge in [0.25, 0.3) is 0 Å². The molecule has 0 unspecified atom stereocenters. The molecule has 2 aliphatic rings. The lowest BCUT2D eigenvalue weighted by molar-refractivity contribution is -0.141. The molecule has 39 heteroatoms. The second-order valence-corrected chi connectivity index (χ2v) is 28.8. The standard InChI is InChI=1S/C77H103N21O18/c1-41(2)30-48(78)76(116)98-29-13-22-60(98)75(115)95-57(37-63(81)103)71(111)91-53(33-44-23-25-46(100)26-24-44)68(108)93-55(35-61(79)101)70(110)92-54(34-45-38-86-49-19-10-9-18-47(45)49)69(109)94-56(36-62(80)102)72(112)96-58(40-99)73(113)90-52(32-43-16-7-4-8-17-43)66(106)87-39-64(104)97-28-12-21-59(97)74(114)88-50(20-11-27-85-77(83)84)67(107)89-51(65(82)105)31-42-14-5-3-6-15-42/h3-10,14-19,23-26,38,41,48,50-60,86,99-100H,11-13,20-22,27-37,39-40,78H2,1-2H3,(H2,79,101)(H2,80,102)(H2,81,103)(H2,82,105)(H,87,106)(H,88,114)(H,89,107)(H,90,113)(H,91,111)(H,92,110)(H,93,108)(H,94,109)(H,95,115)(H,96,112)(H4,83,84,85)/t48-,50-,51-,52-,53-,54-,55-,56-,57-,58-,59-,60-/m0/s1. The topological polar surface area (TPSA) is 651 Å². The number of phenolic OH excluding ortho intramolecular Hbond substituents is 1. The Morgan fingerprint density at radius 3 is 1.41 bits per heavy atom. The molecule has 2 fully saturated rings. The van der Waals surface area contributed by atoms with Crippen LogP contribution in [0.5, 0.6) is 5.75 Å². The summed E-state index contributed by atoms with van der Waals surface area (Å²) in [6, 6.07) is 10.3. The van der Waals surface area contributed by atoms with Crippen LogP contribution in [0.25, 0.3) is 10.9 Å². The summed E-state index contributed by atoms with van der Waals surface area (Å²) in [5.74, 6) is -16.6. The van der Waals surface area contributed by atoms with Crippen molar-refractivity contribution in [2.45, 2.75) is 176 Å². The van der Waals surface area contributed by atoms with Crippen molar-refractivity contribution >= 4 is 111 Å². The molecular formula is C77H103N21O18. The van der Waals surface area contributed by atoms with Gasteiger partial charge < -0.3 is 118 Å². The van der Waals surface area contributed by atoms with Crippen LogP contribution in [0.1, 0.15) is 100 Å². The molecule has 39 nitrogen and oxygen atoms in total. The first-order chi connectivity index (χ1) is 55.2. The number of aromatic amines is 1. The number of aliphatic hydroxyl groups excluding tert-OH is 1. The Kier molecular flexibility index (Phi) is 34.0. The average molecular weight is 1610 g/mol. The number of hydrogen-bond acceptors (Lipinski definition) is 20. The summed E-state index contributed by atoms with van der Waals surface area (Å²) in [6.45, 7) is 2.08. The molecule has 1 aromatic heterocycles. The van der Waals surface area contributed by atoms with E-state index in [1.807, 2.05) is 13.8 Å². The summed E-state index contributed by atoms with van der Waals surface area (Å²) in [7, 11) is 0. The second kappa shape index (κ2) is 43.8. The summed E-state index contributed by atoms with van der Waals surface area (Å²) in [4.78, 5) is 231. The molecular weight excluding hydrogens is 1510 g/mol. The maximum Gasteiger partial charge on any atom is 0.245 e. The third-order valence-electron chi connectivity index (χ3n) is 19.3. The van der Waals surface area contributed by atoms with Crippen molar-refractivity contribution in [1.82, 2.24) is 68.0 Å². The highest BCUT2D eigenvalue weighted by Gasteiger charge is 2.42. The largest absolute Gasteiger partial charge is 0.508 e. The van der Waals surface area contributed by atoms with E-state index >= 15 is 0 Å². The van der Waals surface area contributed by atoms with Gasteiger partial charge in [0.1, 0.15) is 72.2 Å². The van der Waals surface area contributed by atoms with Crippen molar-refractivity contribution in [3.8, 4) is 5.75 Å². The number of H-pyrrole nitrogens is 1. The maximum atomic E-state index is 14.9. The zero-order valence-electron chi connectivity index (χ0n) is 64.2. The first-order valence-electron chi connectivity index (χ1n) is 37.8. The zero-order valence-corrected chi connectivity index (χ0v) is 64.2. The highest BCUT2D eigenvalue weighted by Crippen LogP contribution is 2.24. The van der Waals surface area contributed by atoms with E-state index in [1.54, 1.807) is 84.9 Å². The van der Waals surface area contributed by atoms with Crippen LogP contribution >= 0.6 is 0 Å². The quantitative estimate of drug-likeness (QED) is 0.00981. The van der Waals surface area contributed by atoms with Crippen LogP contribution in [-0.4, -0.2) is 231 Å².